The maximum atomic E-state index is 13.2. The maximum absolute atomic E-state index is 13.2. The van der Waals surface area contributed by atoms with Crippen molar-refractivity contribution in [2.45, 2.75) is 28.5 Å². The smallest absolute Gasteiger partial charge is 0.293 e. The van der Waals surface area contributed by atoms with Crippen LogP contribution in [0.3, 0.4) is 0 Å². The molecule has 5 rings (SSSR count). The summed E-state index contributed by atoms with van der Waals surface area (Å²) in [6.07, 6.45) is 0. The van der Waals surface area contributed by atoms with Crippen LogP contribution < -0.4 is 5.32 Å². The largest absolute Gasteiger partial charge is 0.451 e. The molecule has 2 aromatic heterocycles. The number of aromatic nitrogens is 2. The van der Waals surface area contributed by atoms with Crippen molar-refractivity contribution in [1.29, 1.82) is 0 Å². The number of amides is 1. The summed E-state index contributed by atoms with van der Waals surface area (Å²) in [5, 5.41) is 12.7. The summed E-state index contributed by atoms with van der Waals surface area (Å²) < 4.78 is 6.79. The van der Waals surface area contributed by atoms with E-state index in [0.29, 0.717) is 22.2 Å². The van der Waals surface area contributed by atoms with E-state index in [1.807, 2.05) is 42.5 Å². The van der Waals surface area contributed by atoms with Crippen LogP contribution in [-0.4, -0.2) is 16.1 Å². The molecule has 0 bridgehead atoms. The number of benzene rings is 3. The number of para-hydroxylation sites is 1. The van der Waals surface area contributed by atoms with Gasteiger partial charge in [-0.1, -0.05) is 101 Å². The summed E-state index contributed by atoms with van der Waals surface area (Å²) in [6.45, 7) is 2.08. The average Bonchev–Trinajstić information content (AvgIpc) is 3.49. The van der Waals surface area contributed by atoms with Crippen LogP contribution in [0.4, 0.5) is 5.13 Å². The van der Waals surface area contributed by atoms with Crippen LogP contribution in [0.1, 0.15) is 32.8 Å². The number of aryl methyl sites for hydroxylation is 1. The van der Waals surface area contributed by atoms with Gasteiger partial charge in [0.25, 0.3) is 5.91 Å². The predicted molar refractivity (Wildman–Crippen MR) is 146 cm³/mol. The lowest BCUT2D eigenvalue weighted by Gasteiger charge is -2.04. The molecule has 0 spiro atoms. The first kappa shape index (κ1) is 23.7. The third-order valence-electron chi connectivity index (χ3n) is 5.37. The summed E-state index contributed by atoms with van der Waals surface area (Å²) in [5.74, 6) is 2.36. The first-order valence-corrected chi connectivity index (χ1v) is 14.1. The van der Waals surface area contributed by atoms with E-state index in [-0.39, 0.29) is 5.91 Å². The number of carbonyl (C=O) groups is 1. The summed E-state index contributed by atoms with van der Waals surface area (Å²) in [7, 11) is 0. The van der Waals surface area contributed by atoms with Crippen LogP contribution in [0.5, 0.6) is 0 Å². The minimum Gasteiger partial charge on any atom is -0.451 e. The monoisotopic (exact) mass is 517 g/mol. The van der Waals surface area contributed by atoms with E-state index in [1.54, 1.807) is 23.5 Å². The van der Waals surface area contributed by atoms with Crippen molar-refractivity contribution in [3.05, 3.63) is 107 Å². The van der Waals surface area contributed by atoms with Crippen LogP contribution in [0, 0.1) is 6.92 Å². The first-order chi connectivity index (χ1) is 17.2. The molecule has 1 N–H and O–H groups in total. The number of hydrogen-bond acceptors (Lipinski definition) is 7. The molecular formula is C27H23N3O2S3. The molecule has 5 aromatic rings. The fourth-order valence-electron chi connectivity index (χ4n) is 3.57. The summed E-state index contributed by atoms with van der Waals surface area (Å²) >= 11 is 4.73. The first-order valence-electron chi connectivity index (χ1n) is 11.1. The highest BCUT2D eigenvalue weighted by Crippen LogP contribution is 2.32. The van der Waals surface area contributed by atoms with Gasteiger partial charge in [-0.3, -0.25) is 10.1 Å². The lowest BCUT2D eigenvalue weighted by Crippen LogP contribution is -2.12. The molecule has 0 saturated carbocycles. The molecule has 1 amide bonds. The normalized spacial score (nSPS) is 11.1. The van der Waals surface area contributed by atoms with E-state index in [4.69, 9.17) is 4.42 Å². The fourth-order valence-corrected chi connectivity index (χ4v) is 6.30. The lowest BCUT2D eigenvalue weighted by molar-refractivity contribution is 0.0997. The number of carbonyl (C=O) groups excluding carboxylic acids is 1. The fraction of sp³-hybridized carbons (Fsp3) is 0.148. The summed E-state index contributed by atoms with van der Waals surface area (Å²) in [6, 6.07) is 26.5. The van der Waals surface area contributed by atoms with E-state index in [0.717, 1.165) is 26.8 Å². The second-order valence-corrected chi connectivity index (χ2v) is 11.2. The van der Waals surface area contributed by atoms with E-state index in [2.05, 4.69) is 58.8 Å². The van der Waals surface area contributed by atoms with E-state index in [1.165, 1.54) is 28.0 Å². The zero-order valence-electron chi connectivity index (χ0n) is 19.1. The number of rotatable bonds is 9. The molecule has 0 saturated heterocycles. The van der Waals surface area contributed by atoms with Gasteiger partial charge in [-0.15, -0.1) is 10.2 Å². The number of anilines is 1. The Morgan fingerprint density at radius 2 is 1.63 bits per heavy atom. The van der Waals surface area contributed by atoms with Gasteiger partial charge in [0.05, 0.1) is 0 Å². The predicted octanol–water partition coefficient (Wildman–Crippen LogP) is 7.57. The number of nitrogens with zero attached hydrogens (tertiary/aromatic N) is 2. The lowest BCUT2D eigenvalue weighted by atomic mass is 10.1. The van der Waals surface area contributed by atoms with Crippen LogP contribution in [0.15, 0.2) is 87.6 Å². The van der Waals surface area contributed by atoms with Gasteiger partial charge in [0.15, 0.2) is 10.1 Å². The Morgan fingerprint density at radius 3 is 2.46 bits per heavy atom. The highest BCUT2D eigenvalue weighted by atomic mass is 32.2. The molecule has 0 fully saturated rings. The molecule has 5 nitrogen and oxygen atoms in total. The number of furan rings is 1. The number of fused-ring (bicyclic) bond motifs is 1. The standard InChI is InChI=1S/C27H23N3O2S3/c1-18-11-13-20(14-12-18)16-34-27-30-29-26(35-27)28-25(31)24-22(21-9-5-6-10-23(21)32-24)17-33-15-19-7-3-2-4-8-19/h2-14H,15-17H2,1H3,(H,28,29,31). The topological polar surface area (TPSA) is 68.0 Å². The Bertz CT molecular complexity index is 1430. The van der Waals surface area contributed by atoms with Gasteiger partial charge in [0.1, 0.15) is 5.58 Å². The van der Waals surface area contributed by atoms with Crippen molar-refractivity contribution in [3.8, 4) is 0 Å². The van der Waals surface area contributed by atoms with Gasteiger partial charge in [-0.05, 0) is 24.1 Å². The van der Waals surface area contributed by atoms with Gasteiger partial charge in [0.2, 0.25) is 5.13 Å². The zero-order valence-corrected chi connectivity index (χ0v) is 21.5. The van der Waals surface area contributed by atoms with Crippen molar-refractivity contribution < 1.29 is 9.21 Å². The Morgan fingerprint density at radius 1 is 0.886 bits per heavy atom. The van der Waals surface area contributed by atoms with Gasteiger partial charge in [-0.25, -0.2) is 0 Å². The van der Waals surface area contributed by atoms with Crippen LogP contribution in [0.25, 0.3) is 11.0 Å². The molecular weight excluding hydrogens is 495 g/mol. The van der Waals surface area contributed by atoms with E-state index < -0.39 is 0 Å². The number of thioether (sulfide) groups is 2. The molecule has 0 aliphatic rings. The summed E-state index contributed by atoms with van der Waals surface area (Å²) in [4.78, 5) is 13.2. The van der Waals surface area contributed by atoms with Crippen LogP contribution in [-0.2, 0) is 17.3 Å². The van der Waals surface area contributed by atoms with Gasteiger partial charge in [-0.2, -0.15) is 11.8 Å². The quantitative estimate of drug-likeness (QED) is 0.161. The Balaban J connectivity index is 1.27. The molecule has 0 atom stereocenters. The highest BCUT2D eigenvalue weighted by Gasteiger charge is 2.22. The number of nitrogens with one attached hydrogen (secondary N) is 1. The third-order valence-corrected chi connectivity index (χ3v) is 8.45. The minimum absolute atomic E-state index is 0.303. The van der Waals surface area contributed by atoms with E-state index >= 15 is 0 Å². The molecule has 35 heavy (non-hydrogen) atoms. The Hall–Kier alpha value is -3.07. The van der Waals surface area contributed by atoms with Crippen molar-refractivity contribution >= 4 is 56.9 Å². The molecule has 0 aliphatic heterocycles. The van der Waals surface area contributed by atoms with Crippen molar-refractivity contribution in [2.24, 2.45) is 0 Å². The summed E-state index contributed by atoms with van der Waals surface area (Å²) in [5.41, 5.74) is 5.32. The average molecular weight is 518 g/mol. The zero-order chi connectivity index (χ0) is 24.0. The third kappa shape index (κ3) is 5.96. The second-order valence-electron chi connectivity index (χ2n) is 7.99. The minimum atomic E-state index is -0.303. The molecule has 8 heteroatoms. The van der Waals surface area contributed by atoms with Crippen LogP contribution >= 0.6 is 34.9 Å². The van der Waals surface area contributed by atoms with Crippen molar-refractivity contribution in [3.63, 3.8) is 0 Å². The van der Waals surface area contributed by atoms with Crippen molar-refractivity contribution in [2.75, 3.05) is 5.32 Å². The maximum Gasteiger partial charge on any atom is 0.293 e. The Labute approximate surface area is 216 Å². The second kappa shape index (κ2) is 11.1. The molecule has 0 aliphatic carbocycles. The molecule has 0 unspecified atom stereocenters. The van der Waals surface area contributed by atoms with E-state index in [9.17, 15) is 4.79 Å². The molecule has 0 radical (unpaired) electrons. The molecule has 2 heterocycles. The van der Waals surface area contributed by atoms with Gasteiger partial charge in [0, 0.05) is 28.2 Å². The van der Waals surface area contributed by atoms with Gasteiger partial charge >= 0.3 is 0 Å². The van der Waals surface area contributed by atoms with Gasteiger partial charge < -0.3 is 4.42 Å². The Kier molecular flexibility index (Phi) is 7.51. The van der Waals surface area contributed by atoms with Crippen molar-refractivity contribution in [1.82, 2.24) is 10.2 Å². The highest BCUT2D eigenvalue weighted by molar-refractivity contribution is 8.00. The number of hydrogen-bond donors (Lipinski definition) is 1. The molecule has 176 valence electrons. The van der Waals surface area contributed by atoms with Crippen LogP contribution in [0.2, 0.25) is 0 Å². The molecule has 3 aromatic carbocycles. The SMILES string of the molecule is Cc1ccc(CSc2nnc(NC(=O)c3oc4ccccc4c3CSCc3ccccc3)s2)cc1.